The van der Waals surface area contributed by atoms with Gasteiger partial charge in [-0.15, -0.1) is 0 Å². The van der Waals surface area contributed by atoms with E-state index in [0.29, 0.717) is 12.8 Å². The minimum absolute atomic E-state index is 0.140. The van der Waals surface area contributed by atoms with Crippen molar-refractivity contribution in [3.63, 3.8) is 0 Å². The van der Waals surface area contributed by atoms with Crippen LogP contribution in [0.1, 0.15) is 12.8 Å². The number of carbonyl (C=O) groups is 2. The summed E-state index contributed by atoms with van der Waals surface area (Å²) < 4.78 is 8.83. The lowest BCUT2D eigenvalue weighted by atomic mass is 10.4. The molecule has 0 spiro atoms. The number of hydrogen-bond acceptors (Lipinski definition) is 4. The first-order chi connectivity index (χ1) is 7.63. The number of halogens is 2. The summed E-state index contributed by atoms with van der Waals surface area (Å²) in [6, 6.07) is 0. The fourth-order valence-electron chi connectivity index (χ4n) is 0.578. The Bertz CT molecular complexity index is 320. The lowest BCUT2D eigenvalue weighted by Crippen LogP contribution is -1.94. The monoisotopic (exact) mass is 262 g/mol. The van der Waals surface area contributed by atoms with Crippen LogP contribution in [0, 0.1) is 23.7 Å². The summed E-state index contributed by atoms with van der Waals surface area (Å²) >= 11 is 9.82. The standard InChI is InChI=1S/C10H8Cl2O4/c11-9(13)15-7-5-3-1-2-4-6-8-16-10(12)14/h5-8H2. The lowest BCUT2D eigenvalue weighted by molar-refractivity contribution is 0.175. The van der Waals surface area contributed by atoms with E-state index in [0.717, 1.165) is 0 Å². The molecule has 0 unspecified atom stereocenters. The van der Waals surface area contributed by atoms with E-state index < -0.39 is 10.9 Å². The van der Waals surface area contributed by atoms with Gasteiger partial charge in [0.25, 0.3) is 0 Å². The highest BCUT2D eigenvalue weighted by Gasteiger charge is 1.91. The van der Waals surface area contributed by atoms with Gasteiger partial charge in [-0.3, -0.25) is 0 Å². The molecule has 86 valence electrons. The van der Waals surface area contributed by atoms with Crippen LogP contribution in [-0.2, 0) is 9.47 Å². The zero-order valence-electron chi connectivity index (χ0n) is 8.22. The van der Waals surface area contributed by atoms with Gasteiger partial charge in [0.05, 0.1) is 0 Å². The van der Waals surface area contributed by atoms with Crippen molar-refractivity contribution in [3.8, 4) is 23.7 Å². The maximum absolute atomic E-state index is 10.1. The second-order valence-corrected chi connectivity index (χ2v) is 2.89. The molecule has 0 aromatic heterocycles. The Kier molecular flexibility index (Phi) is 9.30. The molecule has 6 heteroatoms. The molecule has 0 radical (unpaired) electrons. The van der Waals surface area contributed by atoms with E-state index in [1.165, 1.54) is 0 Å². The third kappa shape index (κ3) is 12.6. The van der Waals surface area contributed by atoms with Crippen molar-refractivity contribution in [2.24, 2.45) is 0 Å². The molecule has 0 aliphatic rings. The van der Waals surface area contributed by atoms with Crippen LogP contribution in [0.4, 0.5) is 9.59 Å². The SMILES string of the molecule is O=C(Cl)OCCC#CC#CCCOC(=O)Cl. The van der Waals surface area contributed by atoms with E-state index in [9.17, 15) is 9.59 Å². The van der Waals surface area contributed by atoms with Crippen molar-refractivity contribution < 1.29 is 19.1 Å². The van der Waals surface area contributed by atoms with Gasteiger partial charge in [-0.25, -0.2) is 9.59 Å². The molecular formula is C10H8Cl2O4. The van der Waals surface area contributed by atoms with E-state index in [4.69, 9.17) is 23.2 Å². The Morgan fingerprint density at radius 2 is 1.25 bits per heavy atom. The highest BCUT2D eigenvalue weighted by atomic mass is 35.5. The molecule has 0 rings (SSSR count). The third-order valence-corrected chi connectivity index (χ3v) is 1.34. The molecule has 0 heterocycles. The van der Waals surface area contributed by atoms with E-state index in [1.54, 1.807) is 0 Å². The first kappa shape index (κ1) is 14.6. The lowest BCUT2D eigenvalue weighted by Gasteiger charge is -1.92. The van der Waals surface area contributed by atoms with Gasteiger partial charge in [-0.2, -0.15) is 0 Å². The molecule has 0 bridgehead atoms. The van der Waals surface area contributed by atoms with Gasteiger partial charge in [0.15, 0.2) is 0 Å². The van der Waals surface area contributed by atoms with Crippen molar-refractivity contribution in [1.29, 1.82) is 0 Å². The minimum Gasteiger partial charge on any atom is -0.453 e. The maximum atomic E-state index is 10.1. The van der Waals surface area contributed by atoms with E-state index in [-0.39, 0.29) is 13.2 Å². The zero-order chi connectivity index (χ0) is 12.2. The van der Waals surface area contributed by atoms with Crippen molar-refractivity contribution >= 4 is 34.1 Å². The van der Waals surface area contributed by atoms with Gasteiger partial charge in [0.1, 0.15) is 13.2 Å². The number of rotatable bonds is 4. The first-order valence-corrected chi connectivity index (χ1v) is 4.98. The molecule has 0 aliphatic carbocycles. The van der Waals surface area contributed by atoms with Gasteiger partial charge < -0.3 is 9.47 Å². The highest BCUT2D eigenvalue weighted by molar-refractivity contribution is 6.61. The quantitative estimate of drug-likeness (QED) is 0.444. The zero-order valence-corrected chi connectivity index (χ0v) is 9.73. The normalized spacial score (nSPS) is 7.88. The molecular weight excluding hydrogens is 255 g/mol. The average Bonchev–Trinajstić information content (AvgIpc) is 2.20. The summed E-state index contributed by atoms with van der Waals surface area (Å²) in [7, 11) is 0. The number of ether oxygens (including phenoxy) is 2. The Hall–Kier alpha value is -1.36. The molecule has 0 aliphatic heterocycles. The fraction of sp³-hybridized carbons (Fsp3) is 0.400. The average molecular weight is 263 g/mol. The number of hydrogen-bond donors (Lipinski definition) is 0. The summed E-state index contributed by atoms with van der Waals surface area (Å²) in [5.41, 5.74) is -1.70. The molecule has 0 aromatic rings. The van der Waals surface area contributed by atoms with Crippen LogP contribution in [0.25, 0.3) is 0 Å². The predicted molar refractivity (Wildman–Crippen MR) is 59.2 cm³/mol. The predicted octanol–water partition coefficient (Wildman–Crippen LogP) is 2.52. The van der Waals surface area contributed by atoms with Crippen LogP contribution in [0.3, 0.4) is 0 Å². The van der Waals surface area contributed by atoms with Crippen LogP contribution in [-0.4, -0.2) is 24.1 Å². The van der Waals surface area contributed by atoms with Crippen molar-refractivity contribution in [2.45, 2.75) is 12.8 Å². The molecule has 0 atom stereocenters. The van der Waals surface area contributed by atoms with Crippen LogP contribution in [0.5, 0.6) is 0 Å². The van der Waals surface area contributed by atoms with Gasteiger partial charge in [-0.1, -0.05) is 11.8 Å². The second kappa shape index (κ2) is 10.2. The molecule has 0 fully saturated rings. The Morgan fingerprint density at radius 3 is 1.56 bits per heavy atom. The van der Waals surface area contributed by atoms with Crippen molar-refractivity contribution in [2.75, 3.05) is 13.2 Å². The topological polar surface area (TPSA) is 52.6 Å². The van der Waals surface area contributed by atoms with Crippen LogP contribution in [0.15, 0.2) is 0 Å². The Labute approximate surface area is 103 Å². The van der Waals surface area contributed by atoms with Crippen LogP contribution in [0.2, 0.25) is 0 Å². The van der Waals surface area contributed by atoms with E-state index in [1.807, 2.05) is 0 Å². The molecule has 0 saturated carbocycles. The smallest absolute Gasteiger partial charge is 0.403 e. The van der Waals surface area contributed by atoms with Gasteiger partial charge in [-0.05, 0) is 11.8 Å². The molecule has 4 nitrogen and oxygen atoms in total. The third-order valence-electron chi connectivity index (χ3n) is 1.12. The summed E-state index contributed by atoms with van der Waals surface area (Å²) in [4.78, 5) is 20.2. The van der Waals surface area contributed by atoms with E-state index in [2.05, 4.69) is 33.2 Å². The molecule has 16 heavy (non-hydrogen) atoms. The molecule has 0 saturated heterocycles. The second-order valence-electron chi connectivity index (χ2n) is 2.28. The summed E-state index contributed by atoms with van der Waals surface area (Å²) in [6.45, 7) is 0.280. The first-order valence-electron chi connectivity index (χ1n) is 4.23. The molecule has 0 aromatic carbocycles. The molecule has 0 N–H and O–H groups in total. The fourth-order valence-corrected chi connectivity index (χ4v) is 0.732. The van der Waals surface area contributed by atoms with Gasteiger partial charge in [0, 0.05) is 36.0 Å². The summed E-state index contributed by atoms with van der Waals surface area (Å²) in [5, 5.41) is 0. The van der Waals surface area contributed by atoms with Crippen LogP contribution >= 0.6 is 23.2 Å². The van der Waals surface area contributed by atoms with E-state index >= 15 is 0 Å². The van der Waals surface area contributed by atoms with Crippen LogP contribution < -0.4 is 0 Å². The van der Waals surface area contributed by atoms with Crippen molar-refractivity contribution in [3.05, 3.63) is 0 Å². The van der Waals surface area contributed by atoms with Gasteiger partial charge >= 0.3 is 10.9 Å². The largest absolute Gasteiger partial charge is 0.453 e. The number of carbonyl (C=O) groups excluding carboxylic acids is 2. The highest BCUT2D eigenvalue weighted by Crippen LogP contribution is 1.88. The minimum atomic E-state index is -0.851. The van der Waals surface area contributed by atoms with Gasteiger partial charge in [0.2, 0.25) is 0 Å². The molecule has 0 amide bonds. The summed E-state index contributed by atoms with van der Waals surface area (Å²) in [5.74, 6) is 10.4. The van der Waals surface area contributed by atoms with Crippen molar-refractivity contribution in [1.82, 2.24) is 0 Å². The Morgan fingerprint density at radius 1 is 0.875 bits per heavy atom. The maximum Gasteiger partial charge on any atom is 0.403 e. The Balaban J connectivity index is 3.48. The summed E-state index contributed by atoms with van der Waals surface area (Å²) in [6.07, 6.45) is 0.730.